The summed E-state index contributed by atoms with van der Waals surface area (Å²) in [5.74, 6) is -13.9. The maximum absolute atomic E-state index is 16.5. The Balaban J connectivity index is 1.87. The molecule has 0 saturated carbocycles. The predicted octanol–water partition coefficient (Wildman–Crippen LogP) is 7.38. The van der Waals surface area contributed by atoms with Gasteiger partial charge in [0.15, 0.2) is 29.1 Å². The van der Waals surface area contributed by atoms with Crippen LogP contribution in [0, 0.1) is 29.1 Å². The lowest BCUT2D eigenvalue weighted by atomic mass is 9.67. The Kier molecular flexibility index (Phi) is 8.15. The molecular weight excluding hydrogens is 591 g/mol. The molecule has 5 rings (SSSR count). The van der Waals surface area contributed by atoms with E-state index in [4.69, 9.17) is 4.74 Å². The molecule has 1 aliphatic rings. The Bertz CT molecular complexity index is 1630. The molecule has 1 atom stereocenters. The summed E-state index contributed by atoms with van der Waals surface area (Å²) in [7, 11) is 1.57. The van der Waals surface area contributed by atoms with E-state index in [-0.39, 0.29) is 42.8 Å². The van der Waals surface area contributed by atoms with E-state index < -0.39 is 57.8 Å². The van der Waals surface area contributed by atoms with Crippen LogP contribution in [0.3, 0.4) is 0 Å². The lowest BCUT2D eigenvalue weighted by Gasteiger charge is -2.53. The van der Waals surface area contributed by atoms with Crippen molar-refractivity contribution in [1.82, 2.24) is 14.5 Å². The van der Waals surface area contributed by atoms with E-state index in [0.717, 1.165) is 0 Å². The summed E-state index contributed by atoms with van der Waals surface area (Å²) >= 11 is 0. The zero-order valence-corrected chi connectivity index (χ0v) is 23.3. The summed E-state index contributed by atoms with van der Waals surface area (Å²) < 4.78 is 112. The number of carbonyl (C=O) groups excluding carboxylic acids is 1. The van der Waals surface area contributed by atoms with Gasteiger partial charge in [0.05, 0.1) is 5.54 Å². The van der Waals surface area contributed by atoms with Gasteiger partial charge in [-0.2, -0.15) is 8.78 Å². The number of hydrogen-bond acceptors (Lipinski definition) is 3. The number of halogens is 7. The van der Waals surface area contributed by atoms with Crippen molar-refractivity contribution in [3.63, 3.8) is 0 Å². The second-order valence-corrected chi connectivity index (χ2v) is 10.4. The van der Waals surface area contributed by atoms with Crippen LogP contribution in [0.25, 0.3) is 0 Å². The SMILES string of the molecule is C=CC[C@]1(C(OC(F)(F)c2c(F)c(F)c(F)c(F)c2F)(c2ccccc2)c2ccccc2)CCCN1C(=O)c1nccn1C. The van der Waals surface area contributed by atoms with Gasteiger partial charge in [-0.05, 0) is 30.4 Å². The van der Waals surface area contributed by atoms with Crippen LogP contribution < -0.4 is 0 Å². The molecule has 1 saturated heterocycles. The van der Waals surface area contributed by atoms with Gasteiger partial charge >= 0.3 is 6.11 Å². The summed E-state index contributed by atoms with van der Waals surface area (Å²) in [4.78, 5) is 19.5. The Morgan fingerprint density at radius 3 is 1.93 bits per heavy atom. The maximum atomic E-state index is 16.5. The number of ether oxygens (including phenoxy) is 1. The van der Waals surface area contributed by atoms with Gasteiger partial charge < -0.3 is 9.47 Å². The molecule has 3 aromatic carbocycles. The van der Waals surface area contributed by atoms with Gasteiger partial charge in [-0.25, -0.2) is 26.9 Å². The lowest BCUT2D eigenvalue weighted by Crippen LogP contribution is -2.64. The molecule has 4 aromatic rings. The molecule has 1 fully saturated rings. The molecule has 0 radical (unpaired) electrons. The summed E-state index contributed by atoms with van der Waals surface area (Å²) in [5.41, 5.74) is -6.65. The second kappa shape index (κ2) is 11.6. The normalized spacial score (nSPS) is 17.2. The van der Waals surface area contributed by atoms with Crippen LogP contribution in [-0.2, 0) is 23.5 Å². The van der Waals surface area contributed by atoms with E-state index in [2.05, 4.69) is 11.6 Å². The fourth-order valence-electron chi connectivity index (χ4n) is 6.19. The van der Waals surface area contributed by atoms with Crippen LogP contribution in [-0.4, -0.2) is 32.4 Å². The quantitative estimate of drug-likeness (QED) is 0.0853. The average Bonchev–Trinajstić information content (AvgIpc) is 3.65. The molecule has 1 amide bonds. The molecule has 0 spiro atoms. The number of aryl methyl sites for hydroxylation is 1. The van der Waals surface area contributed by atoms with Crippen molar-refractivity contribution in [2.24, 2.45) is 7.05 Å². The first-order valence-electron chi connectivity index (χ1n) is 13.5. The topological polar surface area (TPSA) is 47.4 Å². The van der Waals surface area contributed by atoms with E-state index >= 15 is 8.78 Å². The first kappa shape index (κ1) is 31.0. The number of imidazole rings is 1. The van der Waals surface area contributed by atoms with E-state index in [1.165, 1.54) is 76.5 Å². The number of aromatic nitrogens is 2. The first-order chi connectivity index (χ1) is 20.9. The van der Waals surface area contributed by atoms with Crippen molar-refractivity contribution in [1.29, 1.82) is 0 Å². The smallest absolute Gasteiger partial charge is 0.330 e. The van der Waals surface area contributed by atoms with E-state index in [0.29, 0.717) is 0 Å². The first-order valence-corrected chi connectivity index (χ1v) is 13.5. The fourth-order valence-corrected chi connectivity index (χ4v) is 6.19. The van der Waals surface area contributed by atoms with Crippen molar-refractivity contribution in [3.8, 4) is 0 Å². The zero-order valence-electron chi connectivity index (χ0n) is 23.3. The molecule has 0 aliphatic carbocycles. The highest BCUT2D eigenvalue weighted by Crippen LogP contribution is 2.57. The van der Waals surface area contributed by atoms with E-state index in [9.17, 15) is 26.7 Å². The van der Waals surface area contributed by atoms with Gasteiger partial charge in [0, 0.05) is 26.0 Å². The van der Waals surface area contributed by atoms with Crippen molar-refractivity contribution < 1.29 is 40.3 Å². The third kappa shape index (κ3) is 4.68. The van der Waals surface area contributed by atoms with Crippen LogP contribution >= 0.6 is 0 Å². The van der Waals surface area contributed by atoms with E-state index in [1.54, 1.807) is 19.2 Å². The van der Waals surface area contributed by atoms with Gasteiger partial charge in [0.25, 0.3) is 5.91 Å². The fraction of sp³-hybridized carbons (Fsp3) is 0.250. The number of amides is 1. The van der Waals surface area contributed by atoms with Crippen LogP contribution in [0.2, 0.25) is 0 Å². The van der Waals surface area contributed by atoms with Gasteiger partial charge in [0.1, 0.15) is 11.2 Å². The molecule has 0 N–H and O–H groups in total. The molecule has 1 aromatic heterocycles. The highest BCUT2D eigenvalue weighted by atomic mass is 19.3. The largest absolute Gasteiger partial charge is 0.390 e. The molecule has 2 heterocycles. The van der Waals surface area contributed by atoms with Crippen molar-refractivity contribution >= 4 is 5.91 Å². The number of carbonyl (C=O) groups is 1. The molecule has 0 unspecified atom stereocenters. The van der Waals surface area contributed by atoms with Crippen molar-refractivity contribution in [2.45, 2.75) is 36.5 Å². The number of likely N-dealkylation sites (tertiary alicyclic amines) is 1. The van der Waals surface area contributed by atoms with Gasteiger partial charge in [-0.15, -0.1) is 6.58 Å². The molecule has 0 bridgehead atoms. The molecular formula is C32H26F7N3O2. The maximum Gasteiger partial charge on any atom is 0.390 e. The highest BCUT2D eigenvalue weighted by Gasteiger charge is 2.64. The summed E-state index contributed by atoms with van der Waals surface area (Å²) in [5, 5.41) is 0. The van der Waals surface area contributed by atoms with Crippen LogP contribution in [0.15, 0.2) is 85.7 Å². The van der Waals surface area contributed by atoms with Crippen LogP contribution in [0.5, 0.6) is 0 Å². The van der Waals surface area contributed by atoms with Crippen LogP contribution in [0.4, 0.5) is 30.7 Å². The second-order valence-electron chi connectivity index (χ2n) is 10.4. The lowest BCUT2D eigenvalue weighted by molar-refractivity contribution is -0.324. The predicted molar refractivity (Wildman–Crippen MR) is 146 cm³/mol. The summed E-state index contributed by atoms with van der Waals surface area (Å²) in [6.07, 6.45) is -0.717. The van der Waals surface area contributed by atoms with Gasteiger partial charge in [0.2, 0.25) is 5.82 Å². The van der Waals surface area contributed by atoms with Crippen LogP contribution in [0.1, 0.15) is 46.6 Å². The van der Waals surface area contributed by atoms with Crippen molar-refractivity contribution in [2.75, 3.05) is 6.54 Å². The number of hydrogen-bond donors (Lipinski definition) is 0. The molecule has 5 nitrogen and oxygen atoms in total. The van der Waals surface area contributed by atoms with E-state index in [1.807, 2.05) is 0 Å². The monoisotopic (exact) mass is 617 g/mol. The molecule has 44 heavy (non-hydrogen) atoms. The van der Waals surface area contributed by atoms with Crippen molar-refractivity contribution in [3.05, 3.63) is 137 Å². The molecule has 1 aliphatic heterocycles. The number of rotatable bonds is 9. The number of nitrogens with zero attached hydrogens (tertiary/aromatic N) is 3. The molecule has 12 heteroatoms. The minimum absolute atomic E-state index is 0.0200. The molecule has 230 valence electrons. The minimum atomic E-state index is -5.13. The third-order valence-electron chi connectivity index (χ3n) is 8.03. The Morgan fingerprint density at radius 2 is 1.45 bits per heavy atom. The summed E-state index contributed by atoms with van der Waals surface area (Å²) in [6.45, 7) is 3.84. The Hall–Kier alpha value is -4.45. The minimum Gasteiger partial charge on any atom is -0.330 e. The zero-order chi connectivity index (χ0) is 31.9. The standard InChI is InChI=1S/C32H26F7N3O2/c1-3-15-30(16-10-18-42(30)29(43)28-40-17-19-41(28)2)31(20-11-6-4-7-12-20,21-13-8-5-9-14-21)44-32(38,39)22-23(33)25(35)27(37)26(36)24(22)34/h3-9,11-14,17,19H,1,10,15-16,18H2,2H3/t30-/m1/s1. The average molecular weight is 618 g/mol. The Morgan fingerprint density at radius 1 is 0.932 bits per heavy atom. The number of alkyl halides is 2. The highest BCUT2D eigenvalue weighted by molar-refractivity contribution is 5.92. The van der Waals surface area contributed by atoms with Gasteiger partial charge in [-0.3, -0.25) is 9.53 Å². The Labute approximate surface area is 248 Å². The number of benzene rings is 3. The third-order valence-corrected chi connectivity index (χ3v) is 8.03. The van der Waals surface area contributed by atoms with Gasteiger partial charge in [-0.1, -0.05) is 66.7 Å². The summed E-state index contributed by atoms with van der Waals surface area (Å²) in [6, 6.07) is 14.9.